The minimum Gasteiger partial charge on any atom is -0.292 e. The first kappa shape index (κ1) is 15.4. The van der Waals surface area contributed by atoms with E-state index in [1.54, 1.807) is 11.3 Å². The molecule has 0 saturated heterocycles. The van der Waals surface area contributed by atoms with E-state index < -0.39 is 0 Å². The molecule has 5 rings (SSSR count). The van der Waals surface area contributed by atoms with Gasteiger partial charge in [-0.3, -0.25) is 4.79 Å². The highest BCUT2D eigenvalue weighted by molar-refractivity contribution is 7.10. The Hall–Kier alpha value is -2.86. The van der Waals surface area contributed by atoms with E-state index in [2.05, 4.69) is 21.6 Å². The summed E-state index contributed by atoms with van der Waals surface area (Å²) in [5.41, 5.74) is 4.98. The summed E-state index contributed by atoms with van der Waals surface area (Å²) < 4.78 is 1.83. The number of benzene rings is 1. The van der Waals surface area contributed by atoms with Crippen molar-refractivity contribution in [2.24, 2.45) is 0 Å². The lowest BCUT2D eigenvalue weighted by molar-refractivity contribution is 0.0956. The molecular formula is C20H16N4OS. The molecule has 0 aliphatic heterocycles. The summed E-state index contributed by atoms with van der Waals surface area (Å²) in [5.74, 6) is 0.237. The zero-order valence-corrected chi connectivity index (χ0v) is 15.0. The zero-order valence-electron chi connectivity index (χ0n) is 14.2. The Balaban J connectivity index is 1.70. The van der Waals surface area contributed by atoms with Gasteiger partial charge in [0.25, 0.3) is 0 Å². The number of aryl methyl sites for hydroxylation is 1. The van der Waals surface area contributed by atoms with Crippen LogP contribution in [0.4, 0.5) is 0 Å². The van der Waals surface area contributed by atoms with Crippen molar-refractivity contribution >= 4 is 22.8 Å². The van der Waals surface area contributed by atoms with Crippen LogP contribution in [0.15, 0.2) is 47.8 Å². The fourth-order valence-electron chi connectivity index (χ4n) is 3.74. The second-order valence-corrected chi connectivity index (χ2v) is 7.58. The highest BCUT2D eigenvalue weighted by Gasteiger charge is 2.31. The highest BCUT2D eigenvalue weighted by atomic mass is 32.1. The van der Waals surface area contributed by atoms with Crippen molar-refractivity contribution in [1.29, 1.82) is 0 Å². The average Bonchev–Trinajstić information content (AvgIpc) is 3.29. The van der Waals surface area contributed by atoms with Crippen molar-refractivity contribution in [3.05, 3.63) is 69.8 Å². The topological polar surface area (TPSA) is 60.1 Å². The van der Waals surface area contributed by atoms with Crippen molar-refractivity contribution in [3.8, 4) is 11.1 Å². The molecular weight excluding hydrogens is 344 g/mol. The maximum Gasteiger partial charge on any atom is 0.185 e. The molecule has 1 aliphatic rings. The Morgan fingerprint density at radius 1 is 1.08 bits per heavy atom. The van der Waals surface area contributed by atoms with Gasteiger partial charge in [0, 0.05) is 23.6 Å². The monoisotopic (exact) mass is 360 g/mol. The van der Waals surface area contributed by atoms with E-state index in [9.17, 15) is 4.79 Å². The van der Waals surface area contributed by atoms with Gasteiger partial charge in [-0.2, -0.15) is 5.10 Å². The molecule has 1 aliphatic carbocycles. The summed E-state index contributed by atoms with van der Waals surface area (Å²) >= 11 is 1.70. The molecule has 3 aromatic heterocycles. The minimum atomic E-state index is 0.0495. The van der Waals surface area contributed by atoms with Crippen LogP contribution in [0, 0.1) is 6.92 Å². The summed E-state index contributed by atoms with van der Waals surface area (Å²) in [7, 11) is 0. The largest absolute Gasteiger partial charge is 0.292 e. The second kappa shape index (κ2) is 5.85. The van der Waals surface area contributed by atoms with Crippen LogP contribution < -0.4 is 0 Å². The molecule has 0 radical (unpaired) electrons. The smallest absolute Gasteiger partial charge is 0.185 e. The van der Waals surface area contributed by atoms with Crippen molar-refractivity contribution in [1.82, 2.24) is 19.8 Å². The minimum absolute atomic E-state index is 0.0495. The Bertz CT molecular complexity index is 1120. The fraction of sp³-hybridized carbons (Fsp3) is 0.200. The molecule has 1 aromatic carbocycles. The van der Waals surface area contributed by atoms with Crippen LogP contribution in [0.5, 0.6) is 0 Å². The molecule has 4 aromatic rings. The third kappa shape index (κ3) is 2.29. The lowest BCUT2D eigenvalue weighted by Crippen LogP contribution is -2.23. The van der Waals surface area contributed by atoms with E-state index in [0.717, 1.165) is 28.9 Å². The van der Waals surface area contributed by atoms with E-state index >= 15 is 0 Å². The number of hydrogen-bond donors (Lipinski definition) is 0. The molecule has 1 atom stereocenters. The SMILES string of the molecule is Cc1nn2c3c(nnc2c1-c1ccccc1)C(=O)C[C@H](c1cccs1)C3. The Labute approximate surface area is 154 Å². The fourth-order valence-corrected chi connectivity index (χ4v) is 4.57. The van der Waals surface area contributed by atoms with E-state index in [1.165, 1.54) is 4.88 Å². The van der Waals surface area contributed by atoms with E-state index in [4.69, 9.17) is 5.10 Å². The molecule has 5 nitrogen and oxygen atoms in total. The van der Waals surface area contributed by atoms with Gasteiger partial charge in [-0.1, -0.05) is 36.4 Å². The number of thiophene rings is 1. The first-order valence-corrected chi connectivity index (χ1v) is 9.47. The summed E-state index contributed by atoms with van der Waals surface area (Å²) in [6, 6.07) is 14.2. The van der Waals surface area contributed by atoms with Gasteiger partial charge >= 0.3 is 0 Å². The van der Waals surface area contributed by atoms with Crippen LogP contribution in [-0.4, -0.2) is 25.6 Å². The number of nitrogens with zero attached hydrogens (tertiary/aromatic N) is 4. The number of hydrogen-bond acceptors (Lipinski definition) is 5. The Morgan fingerprint density at radius 2 is 1.92 bits per heavy atom. The third-order valence-electron chi connectivity index (χ3n) is 4.95. The highest BCUT2D eigenvalue weighted by Crippen LogP contribution is 2.35. The molecule has 0 N–H and O–H groups in total. The van der Waals surface area contributed by atoms with Gasteiger partial charge in [0.1, 0.15) is 0 Å². The molecule has 26 heavy (non-hydrogen) atoms. The lowest BCUT2D eigenvalue weighted by Gasteiger charge is -2.21. The molecule has 0 bridgehead atoms. The van der Waals surface area contributed by atoms with Crippen molar-refractivity contribution in [2.75, 3.05) is 0 Å². The number of aromatic nitrogens is 4. The summed E-state index contributed by atoms with van der Waals surface area (Å²) in [5, 5.41) is 15.4. The summed E-state index contributed by atoms with van der Waals surface area (Å²) in [4.78, 5) is 13.9. The normalized spacial score (nSPS) is 16.8. The second-order valence-electron chi connectivity index (χ2n) is 6.60. The first-order chi connectivity index (χ1) is 12.7. The van der Waals surface area contributed by atoms with Gasteiger partial charge in [-0.05, 0) is 23.9 Å². The molecule has 0 unspecified atom stereocenters. The number of carbonyl (C=O) groups excluding carboxylic acids is 1. The van der Waals surface area contributed by atoms with Gasteiger partial charge in [-0.25, -0.2) is 4.52 Å². The van der Waals surface area contributed by atoms with Crippen LogP contribution in [0.25, 0.3) is 16.8 Å². The van der Waals surface area contributed by atoms with Crippen LogP contribution >= 0.6 is 11.3 Å². The van der Waals surface area contributed by atoms with Crippen molar-refractivity contribution < 1.29 is 4.79 Å². The number of ketones is 1. The summed E-state index contributed by atoms with van der Waals surface area (Å²) in [6.07, 6.45) is 1.24. The first-order valence-electron chi connectivity index (χ1n) is 8.59. The van der Waals surface area contributed by atoms with Gasteiger partial charge in [-0.15, -0.1) is 21.5 Å². The maximum absolute atomic E-state index is 12.7. The zero-order chi connectivity index (χ0) is 17.7. The van der Waals surface area contributed by atoms with Crippen LogP contribution in [0.1, 0.15) is 39.1 Å². The van der Waals surface area contributed by atoms with Crippen LogP contribution in [0.3, 0.4) is 0 Å². The van der Waals surface area contributed by atoms with E-state index in [-0.39, 0.29) is 11.7 Å². The van der Waals surface area contributed by atoms with E-state index in [1.807, 2.05) is 47.8 Å². The molecule has 128 valence electrons. The number of carbonyl (C=O) groups is 1. The van der Waals surface area contributed by atoms with Crippen LogP contribution in [0.2, 0.25) is 0 Å². The lowest BCUT2D eigenvalue weighted by atomic mass is 9.87. The Kier molecular flexibility index (Phi) is 3.46. The summed E-state index contributed by atoms with van der Waals surface area (Å²) in [6.45, 7) is 1.98. The third-order valence-corrected chi connectivity index (χ3v) is 5.99. The molecule has 0 amide bonds. The molecule has 0 fully saturated rings. The van der Waals surface area contributed by atoms with Gasteiger partial charge in [0.15, 0.2) is 17.1 Å². The molecule has 0 spiro atoms. The number of rotatable bonds is 2. The maximum atomic E-state index is 12.7. The quantitative estimate of drug-likeness (QED) is 0.540. The predicted octanol–water partition coefficient (Wildman–Crippen LogP) is 4.07. The van der Waals surface area contributed by atoms with Crippen molar-refractivity contribution in [2.45, 2.75) is 25.7 Å². The van der Waals surface area contributed by atoms with E-state index in [0.29, 0.717) is 17.8 Å². The predicted molar refractivity (Wildman–Crippen MR) is 101 cm³/mol. The molecule has 3 heterocycles. The number of Topliss-reactive ketones (excluding diaryl/α,β-unsaturated/α-hetero) is 1. The Morgan fingerprint density at radius 3 is 2.69 bits per heavy atom. The van der Waals surface area contributed by atoms with Crippen molar-refractivity contribution in [3.63, 3.8) is 0 Å². The molecule has 6 heteroatoms. The number of fused-ring (bicyclic) bond motifs is 3. The van der Waals surface area contributed by atoms with Gasteiger partial charge < -0.3 is 0 Å². The van der Waals surface area contributed by atoms with Crippen LogP contribution in [-0.2, 0) is 6.42 Å². The van der Waals surface area contributed by atoms with Gasteiger partial charge in [0.2, 0.25) is 0 Å². The average molecular weight is 360 g/mol. The standard InChI is InChI=1S/C20H16N4OS/c1-12-18(13-6-3-2-4-7-13)20-22-21-19-15(24(20)23-12)10-14(11-16(19)25)17-8-5-9-26-17/h2-9,14H,10-11H2,1H3/t14-/m1/s1. The molecule has 0 saturated carbocycles. The van der Waals surface area contributed by atoms with Gasteiger partial charge in [0.05, 0.1) is 17.0 Å².